The zero-order valence-corrected chi connectivity index (χ0v) is 10.3. The molecule has 2 rings (SSSR count). The number of carbonyl (C=O) groups is 2. The number of hydrogen-bond donors (Lipinski definition) is 3. The molecule has 3 N–H and O–H groups in total. The molecule has 7 heteroatoms. The van der Waals surface area contributed by atoms with Gasteiger partial charge in [0, 0.05) is 5.69 Å². The summed E-state index contributed by atoms with van der Waals surface area (Å²) in [7, 11) is 0. The summed E-state index contributed by atoms with van der Waals surface area (Å²) in [5, 5.41) is 11.4. The Morgan fingerprint density at radius 2 is 2.05 bits per heavy atom. The molecule has 7 nitrogen and oxygen atoms in total. The topological polar surface area (TPSA) is 112 Å². The Balaban J connectivity index is 2.28. The number of amides is 1. The van der Waals surface area contributed by atoms with Crippen LogP contribution in [0.4, 0.5) is 5.69 Å². The first-order valence-corrected chi connectivity index (χ1v) is 5.48. The van der Waals surface area contributed by atoms with Gasteiger partial charge in [-0.1, -0.05) is 0 Å². The Bertz CT molecular complexity index is 710. The standard InChI is InChI=1S/C12H12N2O5/c1-12(2,10(16)17)9(15)13-6-3-4-8-7(5-6)14-11(18)19-8/h3-5H,1-2H3,(H,13,15)(H,14,18)(H,16,17). The molecule has 0 aliphatic carbocycles. The molecular weight excluding hydrogens is 252 g/mol. The van der Waals surface area contributed by atoms with Crippen molar-refractivity contribution in [1.82, 2.24) is 4.98 Å². The lowest BCUT2D eigenvalue weighted by atomic mass is 9.92. The molecule has 0 radical (unpaired) electrons. The summed E-state index contributed by atoms with van der Waals surface area (Å²) in [6.45, 7) is 2.62. The molecule has 2 aromatic rings. The smallest absolute Gasteiger partial charge is 0.417 e. The van der Waals surface area contributed by atoms with Crippen molar-refractivity contribution >= 4 is 28.7 Å². The number of aromatic nitrogens is 1. The number of carboxylic acid groups (broad SMARTS) is 1. The Morgan fingerprint density at radius 1 is 1.37 bits per heavy atom. The van der Waals surface area contributed by atoms with Gasteiger partial charge >= 0.3 is 11.7 Å². The number of fused-ring (bicyclic) bond motifs is 1. The van der Waals surface area contributed by atoms with E-state index in [1.165, 1.54) is 32.0 Å². The van der Waals surface area contributed by atoms with Gasteiger partial charge in [-0.3, -0.25) is 14.6 Å². The summed E-state index contributed by atoms with van der Waals surface area (Å²) >= 11 is 0. The van der Waals surface area contributed by atoms with Gasteiger partial charge in [0.25, 0.3) is 0 Å². The van der Waals surface area contributed by atoms with Crippen molar-refractivity contribution in [2.75, 3.05) is 5.32 Å². The van der Waals surface area contributed by atoms with E-state index in [9.17, 15) is 14.4 Å². The number of carbonyl (C=O) groups excluding carboxylic acids is 1. The molecule has 0 bridgehead atoms. The summed E-state index contributed by atoms with van der Waals surface area (Å²) in [6, 6.07) is 4.53. The molecule has 1 heterocycles. The predicted octanol–water partition coefficient (Wildman–Crippen LogP) is 1.17. The minimum absolute atomic E-state index is 0.362. The Morgan fingerprint density at radius 3 is 2.68 bits per heavy atom. The molecular formula is C12H12N2O5. The molecule has 1 aromatic carbocycles. The van der Waals surface area contributed by atoms with Crippen LogP contribution < -0.4 is 11.1 Å². The second kappa shape index (κ2) is 4.27. The van der Waals surface area contributed by atoms with Gasteiger partial charge in [-0.25, -0.2) is 4.79 Å². The fourth-order valence-electron chi connectivity index (χ4n) is 1.41. The number of oxazole rings is 1. The van der Waals surface area contributed by atoms with Gasteiger partial charge in [0.2, 0.25) is 5.91 Å². The normalized spacial score (nSPS) is 11.5. The highest BCUT2D eigenvalue weighted by atomic mass is 16.4. The van der Waals surface area contributed by atoms with Crippen LogP contribution in [0.1, 0.15) is 13.8 Å². The molecule has 1 amide bonds. The molecule has 1 aromatic heterocycles. The van der Waals surface area contributed by atoms with Crippen LogP contribution in [-0.2, 0) is 9.59 Å². The summed E-state index contributed by atoms with van der Waals surface area (Å²) in [4.78, 5) is 36.2. The van der Waals surface area contributed by atoms with E-state index in [0.29, 0.717) is 16.8 Å². The van der Waals surface area contributed by atoms with Crippen molar-refractivity contribution in [3.8, 4) is 0 Å². The molecule has 0 fully saturated rings. The number of carboxylic acids is 1. The molecule has 0 spiro atoms. The lowest BCUT2D eigenvalue weighted by molar-refractivity contribution is -0.151. The second-order valence-electron chi connectivity index (χ2n) is 4.61. The van der Waals surface area contributed by atoms with Crippen LogP contribution >= 0.6 is 0 Å². The second-order valence-corrected chi connectivity index (χ2v) is 4.61. The zero-order valence-electron chi connectivity index (χ0n) is 10.3. The number of anilines is 1. The van der Waals surface area contributed by atoms with Gasteiger partial charge in [0.05, 0.1) is 5.52 Å². The minimum atomic E-state index is -1.54. The maximum atomic E-state index is 11.8. The van der Waals surface area contributed by atoms with Gasteiger partial charge in [0.1, 0.15) is 5.41 Å². The average molecular weight is 264 g/mol. The van der Waals surface area contributed by atoms with Crippen molar-refractivity contribution < 1.29 is 19.1 Å². The van der Waals surface area contributed by atoms with Crippen LogP contribution in [0.5, 0.6) is 0 Å². The molecule has 0 aliphatic rings. The molecule has 0 aliphatic heterocycles. The summed E-state index contributed by atoms with van der Waals surface area (Å²) in [5.41, 5.74) is -0.376. The largest absolute Gasteiger partial charge is 0.480 e. The van der Waals surface area contributed by atoms with Crippen LogP contribution in [0, 0.1) is 5.41 Å². The third kappa shape index (κ3) is 2.35. The number of benzene rings is 1. The number of aliphatic carboxylic acids is 1. The van der Waals surface area contributed by atoms with Crippen LogP contribution in [-0.4, -0.2) is 22.0 Å². The summed E-state index contributed by atoms with van der Waals surface area (Å²) in [6.07, 6.45) is 0. The fourth-order valence-corrected chi connectivity index (χ4v) is 1.41. The zero-order chi connectivity index (χ0) is 14.2. The van der Waals surface area contributed by atoms with Crippen molar-refractivity contribution in [3.05, 3.63) is 28.7 Å². The highest BCUT2D eigenvalue weighted by molar-refractivity contribution is 6.07. The van der Waals surface area contributed by atoms with Gasteiger partial charge in [-0.05, 0) is 32.0 Å². The van der Waals surface area contributed by atoms with Gasteiger partial charge in [-0.2, -0.15) is 0 Å². The van der Waals surface area contributed by atoms with Crippen molar-refractivity contribution in [2.45, 2.75) is 13.8 Å². The maximum absolute atomic E-state index is 11.8. The van der Waals surface area contributed by atoms with Crippen molar-refractivity contribution in [1.29, 1.82) is 0 Å². The molecule has 0 unspecified atom stereocenters. The molecule has 0 atom stereocenters. The number of H-pyrrole nitrogens is 1. The SMILES string of the molecule is CC(C)(C(=O)O)C(=O)Nc1ccc2oc(=O)[nH]c2c1. The molecule has 19 heavy (non-hydrogen) atoms. The number of hydrogen-bond acceptors (Lipinski definition) is 4. The van der Waals surface area contributed by atoms with Crippen LogP contribution in [0.15, 0.2) is 27.4 Å². The number of nitrogens with one attached hydrogen (secondary N) is 2. The van der Waals surface area contributed by atoms with E-state index >= 15 is 0 Å². The third-order valence-corrected chi connectivity index (χ3v) is 2.78. The third-order valence-electron chi connectivity index (χ3n) is 2.78. The van der Waals surface area contributed by atoms with Crippen LogP contribution in [0.3, 0.4) is 0 Å². The lowest BCUT2D eigenvalue weighted by Gasteiger charge is -2.18. The highest BCUT2D eigenvalue weighted by Gasteiger charge is 2.36. The van der Waals surface area contributed by atoms with E-state index in [-0.39, 0.29) is 0 Å². The molecule has 100 valence electrons. The van der Waals surface area contributed by atoms with Crippen molar-refractivity contribution in [2.24, 2.45) is 5.41 Å². The molecule has 0 saturated heterocycles. The number of rotatable bonds is 3. The van der Waals surface area contributed by atoms with E-state index in [0.717, 1.165) is 0 Å². The average Bonchev–Trinajstić information content (AvgIpc) is 2.68. The highest BCUT2D eigenvalue weighted by Crippen LogP contribution is 2.21. The first-order valence-electron chi connectivity index (χ1n) is 5.48. The quantitative estimate of drug-likeness (QED) is 0.720. The van der Waals surface area contributed by atoms with E-state index in [4.69, 9.17) is 9.52 Å². The Kier molecular flexibility index (Phi) is 2.89. The Labute approximate surface area is 107 Å². The first-order chi connectivity index (χ1) is 8.80. The maximum Gasteiger partial charge on any atom is 0.417 e. The number of aromatic amines is 1. The fraction of sp³-hybridized carbons (Fsp3) is 0.250. The lowest BCUT2D eigenvalue weighted by Crippen LogP contribution is -2.37. The first kappa shape index (κ1) is 12.9. The Hall–Kier alpha value is -2.57. The minimum Gasteiger partial charge on any atom is -0.480 e. The van der Waals surface area contributed by atoms with E-state index in [1.54, 1.807) is 0 Å². The van der Waals surface area contributed by atoms with Crippen molar-refractivity contribution in [3.63, 3.8) is 0 Å². The van der Waals surface area contributed by atoms with E-state index < -0.39 is 23.0 Å². The van der Waals surface area contributed by atoms with Gasteiger partial charge in [0.15, 0.2) is 5.58 Å². The molecule has 0 saturated carbocycles. The van der Waals surface area contributed by atoms with E-state index in [1.807, 2.05) is 0 Å². The summed E-state index contributed by atoms with van der Waals surface area (Å²) < 4.78 is 4.82. The summed E-state index contributed by atoms with van der Waals surface area (Å²) in [5.74, 6) is -2.46. The van der Waals surface area contributed by atoms with Crippen LogP contribution in [0.2, 0.25) is 0 Å². The monoisotopic (exact) mass is 264 g/mol. The van der Waals surface area contributed by atoms with Crippen LogP contribution in [0.25, 0.3) is 11.1 Å². The van der Waals surface area contributed by atoms with Gasteiger partial charge in [-0.15, -0.1) is 0 Å². The van der Waals surface area contributed by atoms with Gasteiger partial charge < -0.3 is 14.8 Å². The van der Waals surface area contributed by atoms with E-state index in [2.05, 4.69) is 10.3 Å². The predicted molar refractivity (Wildman–Crippen MR) is 66.9 cm³/mol.